The molecule has 2 aliphatic rings. The van der Waals surface area contributed by atoms with Crippen molar-refractivity contribution >= 4 is 5.82 Å². The summed E-state index contributed by atoms with van der Waals surface area (Å²) in [6.07, 6.45) is 7.80. The molecule has 0 atom stereocenters. The van der Waals surface area contributed by atoms with E-state index in [1.807, 2.05) is 0 Å². The highest BCUT2D eigenvalue weighted by molar-refractivity contribution is 5.53. The minimum Gasteiger partial charge on any atom is -0.342 e. The monoisotopic (exact) mass is 258 g/mol. The summed E-state index contributed by atoms with van der Waals surface area (Å²) in [6, 6.07) is 0. The van der Waals surface area contributed by atoms with Crippen molar-refractivity contribution in [3.63, 3.8) is 0 Å². The molecule has 0 radical (unpaired) electrons. The van der Waals surface area contributed by atoms with Gasteiger partial charge in [-0.05, 0) is 32.8 Å². The lowest BCUT2D eigenvalue weighted by Crippen LogP contribution is -2.25. The molecule has 0 fully saturated rings. The van der Waals surface area contributed by atoms with Crippen LogP contribution in [0.1, 0.15) is 37.9 Å². The third-order valence-corrected chi connectivity index (χ3v) is 3.87. The minimum atomic E-state index is 0.930. The average Bonchev–Trinajstić information content (AvgIpc) is 2.77. The van der Waals surface area contributed by atoms with E-state index in [0.717, 1.165) is 44.7 Å². The van der Waals surface area contributed by atoms with Gasteiger partial charge in [-0.2, -0.15) is 5.10 Å². The molecule has 102 valence electrons. The third-order valence-electron chi connectivity index (χ3n) is 3.87. The quantitative estimate of drug-likeness (QED) is 0.875. The predicted molar refractivity (Wildman–Crippen MR) is 78.0 cm³/mol. The van der Waals surface area contributed by atoms with Crippen LogP contribution in [0.4, 0.5) is 5.82 Å². The number of allylic oxidation sites excluding steroid dienone is 4. The van der Waals surface area contributed by atoms with E-state index in [1.54, 1.807) is 0 Å². The van der Waals surface area contributed by atoms with Gasteiger partial charge in [0.05, 0.1) is 0 Å². The summed E-state index contributed by atoms with van der Waals surface area (Å²) in [6.45, 7) is 7.25. The zero-order valence-electron chi connectivity index (χ0n) is 11.8. The van der Waals surface area contributed by atoms with Crippen molar-refractivity contribution in [2.45, 2.75) is 46.2 Å². The topological polar surface area (TPSA) is 41.9 Å². The lowest BCUT2D eigenvalue weighted by Gasteiger charge is -2.17. The van der Waals surface area contributed by atoms with Crippen molar-refractivity contribution < 1.29 is 0 Å². The van der Waals surface area contributed by atoms with Gasteiger partial charge in [0.25, 0.3) is 0 Å². The molecule has 19 heavy (non-hydrogen) atoms. The summed E-state index contributed by atoms with van der Waals surface area (Å²) in [7, 11) is 0. The standard InChI is InChI=1S/C15H22N4/c1-3-19-14-7-8-16-10-13(14)15(18-19)17-12-6-4-5-11(2)9-12/h5,9,16H,3-4,6-8,10H2,1-2H3,(H,17,18). The fourth-order valence-corrected chi connectivity index (χ4v) is 2.89. The van der Waals surface area contributed by atoms with E-state index in [9.17, 15) is 0 Å². The summed E-state index contributed by atoms with van der Waals surface area (Å²) in [5.74, 6) is 1.05. The lowest BCUT2D eigenvalue weighted by molar-refractivity contribution is 0.572. The molecule has 0 saturated carbocycles. The van der Waals surface area contributed by atoms with Crippen LogP contribution in [0, 0.1) is 0 Å². The van der Waals surface area contributed by atoms with Crippen LogP contribution < -0.4 is 10.6 Å². The van der Waals surface area contributed by atoms with E-state index in [1.165, 1.54) is 22.5 Å². The van der Waals surface area contributed by atoms with Gasteiger partial charge in [-0.25, -0.2) is 0 Å². The van der Waals surface area contributed by atoms with Crippen molar-refractivity contribution in [3.05, 3.63) is 34.7 Å². The molecule has 0 bridgehead atoms. The molecule has 1 aliphatic heterocycles. The predicted octanol–water partition coefficient (Wildman–Crippen LogP) is 2.58. The first-order valence-electron chi connectivity index (χ1n) is 7.21. The van der Waals surface area contributed by atoms with Crippen molar-refractivity contribution in [2.75, 3.05) is 11.9 Å². The second-order valence-electron chi connectivity index (χ2n) is 5.30. The number of fused-ring (bicyclic) bond motifs is 1. The number of rotatable bonds is 3. The number of aromatic nitrogens is 2. The molecule has 4 nitrogen and oxygen atoms in total. The summed E-state index contributed by atoms with van der Waals surface area (Å²) in [4.78, 5) is 0. The average molecular weight is 258 g/mol. The van der Waals surface area contributed by atoms with Crippen LogP contribution in [0.15, 0.2) is 23.4 Å². The first-order chi connectivity index (χ1) is 9.28. The zero-order valence-corrected chi connectivity index (χ0v) is 11.8. The molecule has 1 aromatic rings. The summed E-state index contributed by atoms with van der Waals surface area (Å²) < 4.78 is 2.14. The number of nitrogens with zero attached hydrogens (tertiary/aromatic N) is 2. The molecule has 2 heterocycles. The molecular formula is C15H22N4. The Morgan fingerprint density at radius 3 is 3.11 bits per heavy atom. The summed E-state index contributed by atoms with van der Waals surface area (Å²) >= 11 is 0. The van der Waals surface area contributed by atoms with Gasteiger partial charge < -0.3 is 10.6 Å². The Bertz CT molecular complexity index is 537. The first kappa shape index (κ1) is 12.5. The van der Waals surface area contributed by atoms with E-state index >= 15 is 0 Å². The molecule has 3 rings (SSSR count). The van der Waals surface area contributed by atoms with Crippen LogP contribution >= 0.6 is 0 Å². The molecule has 0 spiro atoms. The molecule has 0 aromatic carbocycles. The van der Waals surface area contributed by atoms with Gasteiger partial charge in [0.15, 0.2) is 5.82 Å². The molecule has 1 aromatic heterocycles. The molecule has 1 aliphatic carbocycles. The SMILES string of the molecule is CCn1nc(NC2=CC(C)=CCC2)c2c1CCNC2. The fourth-order valence-electron chi connectivity index (χ4n) is 2.89. The number of hydrogen-bond acceptors (Lipinski definition) is 3. The lowest BCUT2D eigenvalue weighted by atomic mass is 10.0. The fraction of sp³-hybridized carbons (Fsp3) is 0.533. The van der Waals surface area contributed by atoms with E-state index in [4.69, 9.17) is 5.10 Å². The van der Waals surface area contributed by atoms with Crippen LogP contribution in [0.5, 0.6) is 0 Å². The first-order valence-corrected chi connectivity index (χ1v) is 7.21. The second-order valence-corrected chi connectivity index (χ2v) is 5.30. The van der Waals surface area contributed by atoms with Crippen LogP contribution in [-0.4, -0.2) is 16.3 Å². The largest absolute Gasteiger partial charge is 0.342 e. The highest BCUT2D eigenvalue weighted by atomic mass is 15.3. The number of hydrogen-bond donors (Lipinski definition) is 2. The van der Waals surface area contributed by atoms with Gasteiger partial charge in [-0.15, -0.1) is 0 Å². The maximum atomic E-state index is 4.73. The molecule has 0 saturated heterocycles. The van der Waals surface area contributed by atoms with Crippen LogP contribution in [0.3, 0.4) is 0 Å². The Morgan fingerprint density at radius 2 is 2.32 bits per heavy atom. The van der Waals surface area contributed by atoms with E-state index in [2.05, 4.69) is 41.3 Å². The Morgan fingerprint density at radius 1 is 1.42 bits per heavy atom. The highest BCUT2D eigenvalue weighted by Crippen LogP contribution is 2.26. The maximum absolute atomic E-state index is 4.73. The summed E-state index contributed by atoms with van der Waals surface area (Å²) in [5.41, 5.74) is 5.37. The van der Waals surface area contributed by atoms with Crippen LogP contribution in [0.25, 0.3) is 0 Å². The van der Waals surface area contributed by atoms with E-state index in [0.29, 0.717) is 0 Å². The van der Waals surface area contributed by atoms with Gasteiger partial charge >= 0.3 is 0 Å². The third kappa shape index (κ3) is 2.45. The van der Waals surface area contributed by atoms with Gasteiger partial charge in [-0.3, -0.25) is 4.68 Å². The van der Waals surface area contributed by atoms with Crippen LogP contribution in [-0.2, 0) is 19.5 Å². The van der Waals surface area contributed by atoms with Crippen LogP contribution in [0.2, 0.25) is 0 Å². The Balaban J connectivity index is 1.89. The smallest absolute Gasteiger partial charge is 0.156 e. The molecular weight excluding hydrogens is 236 g/mol. The Labute approximate surface area is 114 Å². The molecule has 0 amide bonds. The van der Waals surface area contributed by atoms with Gasteiger partial charge in [0.2, 0.25) is 0 Å². The van der Waals surface area contributed by atoms with Gasteiger partial charge in [0.1, 0.15) is 0 Å². The Kier molecular flexibility index (Phi) is 3.42. The van der Waals surface area contributed by atoms with Crippen molar-refractivity contribution in [1.29, 1.82) is 0 Å². The maximum Gasteiger partial charge on any atom is 0.156 e. The Hall–Kier alpha value is -1.55. The second kappa shape index (κ2) is 5.21. The normalized spacial score (nSPS) is 18.6. The van der Waals surface area contributed by atoms with Crippen molar-refractivity contribution in [2.24, 2.45) is 0 Å². The van der Waals surface area contributed by atoms with E-state index < -0.39 is 0 Å². The van der Waals surface area contributed by atoms with E-state index in [-0.39, 0.29) is 0 Å². The van der Waals surface area contributed by atoms with Gasteiger partial charge in [-0.1, -0.05) is 11.6 Å². The number of anilines is 1. The van der Waals surface area contributed by atoms with Crippen molar-refractivity contribution in [1.82, 2.24) is 15.1 Å². The number of aryl methyl sites for hydroxylation is 1. The molecule has 4 heteroatoms. The minimum absolute atomic E-state index is 0.930. The molecule has 0 unspecified atom stereocenters. The van der Waals surface area contributed by atoms with Crippen molar-refractivity contribution in [3.8, 4) is 0 Å². The zero-order chi connectivity index (χ0) is 13.2. The summed E-state index contributed by atoms with van der Waals surface area (Å²) in [5, 5.41) is 11.7. The number of nitrogens with one attached hydrogen (secondary N) is 2. The highest BCUT2D eigenvalue weighted by Gasteiger charge is 2.20. The molecule has 2 N–H and O–H groups in total. The van der Waals surface area contributed by atoms with Gasteiger partial charge in [0, 0.05) is 43.0 Å².